The van der Waals surface area contributed by atoms with Gasteiger partial charge in [0.25, 0.3) is 0 Å². The second kappa shape index (κ2) is 8.51. The van der Waals surface area contributed by atoms with Gasteiger partial charge in [0.05, 0.1) is 24.5 Å². The van der Waals surface area contributed by atoms with Crippen LogP contribution in [0, 0.1) is 5.92 Å². The molecule has 1 fully saturated rings. The lowest BCUT2D eigenvalue weighted by molar-refractivity contribution is -0.0245. The van der Waals surface area contributed by atoms with E-state index >= 15 is 0 Å². The molecule has 1 unspecified atom stereocenters. The molecule has 2 N–H and O–H groups in total. The zero-order valence-corrected chi connectivity index (χ0v) is 15.5. The highest BCUT2D eigenvalue weighted by atomic mass is 79.9. The van der Waals surface area contributed by atoms with Crippen molar-refractivity contribution in [3.05, 3.63) is 27.1 Å². The predicted octanol–water partition coefficient (Wildman–Crippen LogP) is 4.58. The molecule has 1 aromatic carbocycles. The van der Waals surface area contributed by atoms with Gasteiger partial charge in [0.1, 0.15) is 0 Å². The summed E-state index contributed by atoms with van der Waals surface area (Å²) in [5.41, 5.74) is 0.961. The third-order valence-electron chi connectivity index (χ3n) is 3.96. The summed E-state index contributed by atoms with van der Waals surface area (Å²) in [6, 6.07) is 5.90. The van der Waals surface area contributed by atoms with E-state index in [4.69, 9.17) is 4.74 Å². The second-order valence-electron chi connectivity index (χ2n) is 5.85. The zero-order chi connectivity index (χ0) is 15.2. The molecular formula is C16H23Br2NO2. The standard InChI is InChI=1S/C16H23Br2NO2/c1-11-5-7-13(8-6-11)21-10-12(20)9-19-16-14(17)3-2-4-15(16)18/h2-4,11-13,19-20H,5-10H2,1H3. The van der Waals surface area contributed by atoms with E-state index in [9.17, 15) is 5.11 Å². The van der Waals surface area contributed by atoms with Crippen LogP contribution in [0.25, 0.3) is 0 Å². The number of nitrogens with one attached hydrogen (secondary N) is 1. The molecule has 1 saturated carbocycles. The van der Waals surface area contributed by atoms with Gasteiger partial charge in [-0.15, -0.1) is 0 Å². The Morgan fingerprint density at radius 2 is 1.86 bits per heavy atom. The predicted molar refractivity (Wildman–Crippen MR) is 93.7 cm³/mol. The molecule has 0 radical (unpaired) electrons. The largest absolute Gasteiger partial charge is 0.389 e. The van der Waals surface area contributed by atoms with E-state index < -0.39 is 6.10 Å². The Kier molecular flexibility index (Phi) is 6.99. The molecule has 1 atom stereocenters. The van der Waals surface area contributed by atoms with Gasteiger partial charge >= 0.3 is 0 Å². The quantitative estimate of drug-likeness (QED) is 0.707. The van der Waals surface area contributed by atoms with Crippen LogP contribution in [0.5, 0.6) is 0 Å². The molecule has 2 rings (SSSR count). The highest BCUT2D eigenvalue weighted by Gasteiger charge is 2.19. The average molecular weight is 421 g/mol. The maximum Gasteiger partial charge on any atom is 0.0945 e. The molecule has 21 heavy (non-hydrogen) atoms. The topological polar surface area (TPSA) is 41.5 Å². The van der Waals surface area contributed by atoms with E-state index in [0.717, 1.165) is 33.4 Å². The van der Waals surface area contributed by atoms with E-state index in [1.54, 1.807) is 0 Å². The number of rotatable bonds is 6. The molecule has 0 saturated heterocycles. The lowest BCUT2D eigenvalue weighted by atomic mass is 9.89. The normalized spacial score (nSPS) is 23.8. The van der Waals surface area contributed by atoms with Gasteiger partial charge in [0.15, 0.2) is 0 Å². The van der Waals surface area contributed by atoms with Crippen LogP contribution < -0.4 is 5.32 Å². The fourth-order valence-corrected chi connectivity index (χ4v) is 3.87. The number of aliphatic hydroxyl groups excluding tert-OH is 1. The van der Waals surface area contributed by atoms with E-state index in [2.05, 4.69) is 44.1 Å². The Hall–Kier alpha value is -0.100. The summed E-state index contributed by atoms with van der Waals surface area (Å²) in [7, 11) is 0. The Morgan fingerprint density at radius 1 is 1.24 bits per heavy atom. The highest BCUT2D eigenvalue weighted by Crippen LogP contribution is 2.30. The molecular weight excluding hydrogens is 398 g/mol. The van der Waals surface area contributed by atoms with Gasteiger partial charge in [-0.25, -0.2) is 0 Å². The number of aliphatic hydroxyl groups is 1. The van der Waals surface area contributed by atoms with Crippen LogP contribution in [0.2, 0.25) is 0 Å². The first-order chi connectivity index (χ1) is 10.1. The first-order valence-electron chi connectivity index (χ1n) is 7.53. The Balaban J connectivity index is 1.71. The fraction of sp³-hybridized carbons (Fsp3) is 0.625. The van der Waals surface area contributed by atoms with Crippen LogP contribution in [0.4, 0.5) is 5.69 Å². The van der Waals surface area contributed by atoms with Crippen molar-refractivity contribution in [2.24, 2.45) is 5.92 Å². The van der Waals surface area contributed by atoms with Gasteiger partial charge in [-0.1, -0.05) is 13.0 Å². The van der Waals surface area contributed by atoms with E-state index in [-0.39, 0.29) is 0 Å². The maximum absolute atomic E-state index is 10.1. The Morgan fingerprint density at radius 3 is 2.48 bits per heavy atom. The number of benzene rings is 1. The number of hydrogen-bond donors (Lipinski definition) is 2. The van der Waals surface area contributed by atoms with Crippen molar-refractivity contribution in [2.45, 2.75) is 44.8 Å². The summed E-state index contributed by atoms with van der Waals surface area (Å²) in [5.74, 6) is 0.823. The van der Waals surface area contributed by atoms with Crippen LogP contribution in [-0.4, -0.2) is 30.5 Å². The number of ether oxygens (including phenoxy) is 1. The number of halogens is 2. The van der Waals surface area contributed by atoms with Gasteiger partial charge in [-0.3, -0.25) is 0 Å². The van der Waals surface area contributed by atoms with Crippen molar-refractivity contribution >= 4 is 37.5 Å². The van der Waals surface area contributed by atoms with Gasteiger partial charge in [0.2, 0.25) is 0 Å². The minimum Gasteiger partial charge on any atom is -0.389 e. The van der Waals surface area contributed by atoms with E-state index in [1.165, 1.54) is 12.8 Å². The summed E-state index contributed by atoms with van der Waals surface area (Å²) >= 11 is 7.00. The fourth-order valence-electron chi connectivity index (χ4n) is 2.59. The molecule has 5 heteroatoms. The van der Waals surface area contributed by atoms with Crippen molar-refractivity contribution in [2.75, 3.05) is 18.5 Å². The summed E-state index contributed by atoms with van der Waals surface area (Å²) in [4.78, 5) is 0. The highest BCUT2D eigenvalue weighted by molar-refractivity contribution is 9.11. The molecule has 0 heterocycles. The minimum atomic E-state index is -0.497. The van der Waals surface area contributed by atoms with Crippen LogP contribution in [0.1, 0.15) is 32.6 Å². The average Bonchev–Trinajstić information content (AvgIpc) is 2.46. The summed E-state index contributed by atoms with van der Waals surface area (Å²) in [6.45, 7) is 3.17. The third-order valence-corrected chi connectivity index (χ3v) is 5.29. The van der Waals surface area contributed by atoms with Gasteiger partial charge in [-0.05, 0) is 75.6 Å². The number of hydrogen-bond acceptors (Lipinski definition) is 3. The second-order valence-corrected chi connectivity index (χ2v) is 7.56. The maximum atomic E-state index is 10.1. The monoisotopic (exact) mass is 419 g/mol. The lowest BCUT2D eigenvalue weighted by Crippen LogP contribution is -2.29. The van der Waals surface area contributed by atoms with Crippen LogP contribution in [0.3, 0.4) is 0 Å². The van der Waals surface area contributed by atoms with Crippen molar-refractivity contribution in [3.63, 3.8) is 0 Å². The molecule has 1 aromatic rings. The van der Waals surface area contributed by atoms with Gasteiger partial charge < -0.3 is 15.2 Å². The smallest absolute Gasteiger partial charge is 0.0945 e. The molecule has 118 valence electrons. The lowest BCUT2D eigenvalue weighted by Gasteiger charge is -2.27. The first kappa shape index (κ1) is 17.3. The van der Waals surface area contributed by atoms with E-state index in [0.29, 0.717) is 19.3 Å². The SMILES string of the molecule is CC1CCC(OCC(O)CNc2c(Br)cccc2Br)CC1. The molecule has 0 spiro atoms. The van der Waals surface area contributed by atoms with Crippen LogP contribution >= 0.6 is 31.9 Å². The van der Waals surface area contributed by atoms with E-state index in [1.807, 2.05) is 18.2 Å². The summed E-state index contributed by atoms with van der Waals surface area (Å²) in [6.07, 6.45) is 4.55. The number of anilines is 1. The number of para-hydroxylation sites is 1. The summed E-state index contributed by atoms with van der Waals surface area (Å²) in [5, 5.41) is 13.3. The zero-order valence-electron chi connectivity index (χ0n) is 12.3. The Bertz CT molecular complexity index is 428. The molecule has 0 aromatic heterocycles. The third kappa shape index (κ3) is 5.55. The first-order valence-corrected chi connectivity index (χ1v) is 9.12. The summed E-state index contributed by atoms with van der Waals surface area (Å²) < 4.78 is 7.78. The van der Waals surface area contributed by atoms with Crippen LogP contribution in [-0.2, 0) is 4.74 Å². The van der Waals surface area contributed by atoms with Crippen LogP contribution in [0.15, 0.2) is 27.1 Å². The van der Waals surface area contributed by atoms with Crippen molar-refractivity contribution in [3.8, 4) is 0 Å². The molecule has 0 bridgehead atoms. The van der Waals surface area contributed by atoms with Crippen molar-refractivity contribution < 1.29 is 9.84 Å². The molecule has 1 aliphatic carbocycles. The molecule has 0 aliphatic heterocycles. The molecule has 3 nitrogen and oxygen atoms in total. The van der Waals surface area contributed by atoms with Gasteiger partial charge in [-0.2, -0.15) is 0 Å². The molecule has 1 aliphatic rings. The van der Waals surface area contributed by atoms with Crippen molar-refractivity contribution in [1.29, 1.82) is 0 Å². The minimum absolute atomic E-state index is 0.325. The molecule has 0 amide bonds. The Labute approximate surface area is 143 Å². The van der Waals surface area contributed by atoms with Gasteiger partial charge in [0, 0.05) is 15.5 Å². The van der Waals surface area contributed by atoms with Crippen molar-refractivity contribution in [1.82, 2.24) is 0 Å².